The van der Waals surface area contributed by atoms with Crippen molar-refractivity contribution in [3.05, 3.63) is 66.0 Å². The maximum absolute atomic E-state index is 12.7. The first-order chi connectivity index (χ1) is 13.2. The number of Topliss-reactive ketones (excluding diaryl/α,β-unsaturated/α-hetero) is 1. The molecule has 5 nitrogen and oxygen atoms in total. The third kappa shape index (κ3) is 4.08. The van der Waals surface area contributed by atoms with Gasteiger partial charge in [-0.3, -0.25) is 9.59 Å². The first-order valence-electron chi connectivity index (χ1n) is 9.52. The van der Waals surface area contributed by atoms with Crippen LogP contribution < -0.4 is 5.32 Å². The maximum Gasteiger partial charge on any atom is 0.223 e. The zero-order chi connectivity index (χ0) is 18.6. The van der Waals surface area contributed by atoms with Gasteiger partial charge in [0.15, 0.2) is 5.78 Å². The van der Waals surface area contributed by atoms with Crippen molar-refractivity contribution in [2.24, 2.45) is 5.92 Å². The number of para-hydroxylation sites is 2. The number of nitrogens with one attached hydrogen (secondary N) is 1. The lowest BCUT2D eigenvalue weighted by Gasteiger charge is -2.09. The predicted octanol–water partition coefficient (Wildman–Crippen LogP) is 3.38. The Labute approximate surface area is 158 Å². The number of ketones is 1. The lowest BCUT2D eigenvalue weighted by atomic mass is 10.1. The molecule has 1 aromatic heterocycles. The van der Waals surface area contributed by atoms with Crippen molar-refractivity contribution in [2.75, 3.05) is 6.54 Å². The first kappa shape index (κ1) is 17.5. The van der Waals surface area contributed by atoms with Gasteiger partial charge in [-0.25, -0.2) is 4.98 Å². The number of aryl methyl sites for hydroxylation is 1. The third-order valence-electron chi connectivity index (χ3n) is 4.96. The van der Waals surface area contributed by atoms with E-state index in [9.17, 15) is 9.59 Å². The second kappa shape index (κ2) is 7.74. The molecule has 0 unspecified atom stereocenters. The van der Waals surface area contributed by atoms with Gasteiger partial charge in [-0.1, -0.05) is 42.5 Å². The second-order valence-corrected chi connectivity index (χ2v) is 7.06. The Morgan fingerprint density at radius 2 is 1.78 bits per heavy atom. The quantitative estimate of drug-likeness (QED) is 0.494. The van der Waals surface area contributed by atoms with Gasteiger partial charge in [0.25, 0.3) is 0 Å². The van der Waals surface area contributed by atoms with Crippen LogP contribution in [0.3, 0.4) is 0 Å². The predicted molar refractivity (Wildman–Crippen MR) is 105 cm³/mol. The van der Waals surface area contributed by atoms with E-state index in [1.165, 1.54) is 0 Å². The number of fused-ring (bicyclic) bond motifs is 1. The summed E-state index contributed by atoms with van der Waals surface area (Å²) in [6, 6.07) is 17.2. The Bertz CT molecular complexity index is 958. The van der Waals surface area contributed by atoms with Gasteiger partial charge in [0.05, 0.1) is 17.6 Å². The van der Waals surface area contributed by atoms with Crippen LogP contribution in [0.4, 0.5) is 0 Å². The molecule has 1 saturated carbocycles. The topological polar surface area (TPSA) is 64.0 Å². The van der Waals surface area contributed by atoms with Crippen LogP contribution in [0, 0.1) is 5.92 Å². The normalized spacial score (nSPS) is 13.6. The molecule has 27 heavy (non-hydrogen) atoms. The fraction of sp³-hybridized carbons (Fsp3) is 0.318. The van der Waals surface area contributed by atoms with E-state index in [-0.39, 0.29) is 24.2 Å². The van der Waals surface area contributed by atoms with Gasteiger partial charge in [-0.05, 0) is 31.4 Å². The third-order valence-corrected chi connectivity index (χ3v) is 4.96. The van der Waals surface area contributed by atoms with E-state index in [1.807, 2.05) is 59.2 Å². The highest BCUT2D eigenvalue weighted by Crippen LogP contribution is 2.28. The van der Waals surface area contributed by atoms with Gasteiger partial charge in [0.2, 0.25) is 5.91 Å². The highest BCUT2D eigenvalue weighted by atomic mass is 16.2. The van der Waals surface area contributed by atoms with Gasteiger partial charge in [-0.2, -0.15) is 0 Å². The molecule has 0 aliphatic heterocycles. The monoisotopic (exact) mass is 361 g/mol. The molecule has 1 heterocycles. The van der Waals surface area contributed by atoms with Crippen LogP contribution in [0.5, 0.6) is 0 Å². The van der Waals surface area contributed by atoms with E-state index < -0.39 is 0 Å². The van der Waals surface area contributed by atoms with Crippen LogP contribution >= 0.6 is 0 Å². The molecule has 0 atom stereocenters. The molecular formula is C22H23N3O2. The molecular weight excluding hydrogens is 338 g/mol. The minimum absolute atomic E-state index is 0.0713. The Morgan fingerprint density at radius 1 is 1.04 bits per heavy atom. The molecule has 5 heteroatoms. The van der Waals surface area contributed by atoms with Crippen molar-refractivity contribution >= 4 is 22.7 Å². The molecule has 138 valence electrons. The molecule has 0 radical (unpaired) electrons. The number of nitrogens with zero attached hydrogens (tertiary/aromatic N) is 2. The minimum Gasteiger partial charge on any atom is -0.356 e. The molecule has 4 rings (SSSR count). The lowest BCUT2D eigenvalue weighted by Crippen LogP contribution is -2.26. The number of imidazole rings is 1. The molecule has 1 N–H and O–H groups in total. The zero-order valence-corrected chi connectivity index (χ0v) is 15.2. The van der Waals surface area contributed by atoms with E-state index in [4.69, 9.17) is 4.98 Å². The lowest BCUT2D eigenvalue weighted by molar-refractivity contribution is -0.122. The number of rotatable bonds is 8. The van der Waals surface area contributed by atoms with Gasteiger partial charge in [-0.15, -0.1) is 0 Å². The SMILES string of the molecule is O=C(Cn1c(CCCNC(=O)C2CC2)nc2ccccc21)c1ccccc1. The van der Waals surface area contributed by atoms with Crippen LogP contribution in [-0.4, -0.2) is 27.8 Å². The molecule has 1 amide bonds. The summed E-state index contributed by atoms with van der Waals surface area (Å²) in [4.78, 5) is 29.2. The molecule has 3 aromatic rings. The summed E-state index contributed by atoms with van der Waals surface area (Å²) in [6.45, 7) is 0.916. The van der Waals surface area contributed by atoms with Crippen LogP contribution in [0.25, 0.3) is 11.0 Å². The van der Waals surface area contributed by atoms with Crippen LogP contribution in [0.2, 0.25) is 0 Å². The fourth-order valence-electron chi connectivity index (χ4n) is 3.30. The molecule has 0 spiro atoms. The number of benzene rings is 2. The number of hydrogen-bond donors (Lipinski definition) is 1. The molecule has 0 bridgehead atoms. The highest BCUT2D eigenvalue weighted by Gasteiger charge is 2.29. The minimum atomic E-state index is 0.0713. The second-order valence-electron chi connectivity index (χ2n) is 7.06. The highest BCUT2D eigenvalue weighted by molar-refractivity contribution is 5.96. The summed E-state index contributed by atoms with van der Waals surface area (Å²) in [7, 11) is 0. The Kier molecular flexibility index (Phi) is 5.01. The van der Waals surface area contributed by atoms with Crippen molar-refractivity contribution in [2.45, 2.75) is 32.2 Å². The van der Waals surface area contributed by atoms with Crippen molar-refractivity contribution in [3.63, 3.8) is 0 Å². The van der Waals surface area contributed by atoms with E-state index in [2.05, 4.69) is 5.32 Å². The van der Waals surface area contributed by atoms with Crippen molar-refractivity contribution < 1.29 is 9.59 Å². The summed E-state index contributed by atoms with van der Waals surface area (Å²) >= 11 is 0. The van der Waals surface area contributed by atoms with E-state index >= 15 is 0 Å². The summed E-state index contributed by atoms with van der Waals surface area (Å²) in [6.07, 6.45) is 3.56. The first-order valence-corrected chi connectivity index (χ1v) is 9.52. The molecule has 2 aromatic carbocycles. The molecule has 0 saturated heterocycles. The van der Waals surface area contributed by atoms with E-state index in [0.717, 1.165) is 42.5 Å². The van der Waals surface area contributed by atoms with Crippen molar-refractivity contribution in [1.82, 2.24) is 14.9 Å². The number of carbonyl (C=O) groups is 2. The van der Waals surface area contributed by atoms with Crippen LogP contribution in [0.1, 0.15) is 35.4 Å². The number of amides is 1. The van der Waals surface area contributed by atoms with E-state index in [1.54, 1.807) is 0 Å². The molecule has 1 aliphatic rings. The summed E-state index contributed by atoms with van der Waals surface area (Å²) < 4.78 is 2.01. The summed E-state index contributed by atoms with van der Waals surface area (Å²) in [5.74, 6) is 1.36. The summed E-state index contributed by atoms with van der Waals surface area (Å²) in [5.41, 5.74) is 2.58. The maximum atomic E-state index is 12.7. The fourth-order valence-corrected chi connectivity index (χ4v) is 3.30. The Balaban J connectivity index is 1.48. The van der Waals surface area contributed by atoms with Gasteiger partial charge >= 0.3 is 0 Å². The van der Waals surface area contributed by atoms with E-state index in [0.29, 0.717) is 12.1 Å². The Morgan fingerprint density at radius 3 is 2.56 bits per heavy atom. The van der Waals surface area contributed by atoms with Gasteiger partial charge in [0.1, 0.15) is 5.82 Å². The van der Waals surface area contributed by atoms with Crippen LogP contribution in [0.15, 0.2) is 54.6 Å². The smallest absolute Gasteiger partial charge is 0.223 e. The average molecular weight is 361 g/mol. The average Bonchev–Trinajstić information content (AvgIpc) is 3.50. The zero-order valence-electron chi connectivity index (χ0n) is 15.2. The van der Waals surface area contributed by atoms with Gasteiger partial charge < -0.3 is 9.88 Å². The number of hydrogen-bond acceptors (Lipinski definition) is 3. The number of aromatic nitrogens is 2. The van der Waals surface area contributed by atoms with Crippen molar-refractivity contribution in [3.8, 4) is 0 Å². The van der Waals surface area contributed by atoms with Crippen molar-refractivity contribution in [1.29, 1.82) is 0 Å². The van der Waals surface area contributed by atoms with Gasteiger partial charge in [0, 0.05) is 24.4 Å². The standard InChI is InChI=1S/C22H23N3O2/c26-20(16-7-2-1-3-8-16)15-25-19-10-5-4-9-18(19)24-21(25)11-6-14-23-22(27)17-12-13-17/h1-5,7-10,17H,6,11-15H2,(H,23,27). The Hall–Kier alpha value is -2.95. The summed E-state index contributed by atoms with van der Waals surface area (Å²) in [5, 5.41) is 2.99. The molecule has 1 aliphatic carbocycles. The largest absolute Gasteiger partial charge is 0.356 e. The van der Waals surface area contributed by atoms with Crippen LogP contribution in [-0.2, 0) is 17.8 Å². The number of carbonyl (C=O) groups excluding carboxylic acids is 2. The molecule has 1 fully saturated rings.